The highest BCUT2D eigenvalue weighted by Gasteiger charge is 2.36. The van der Waals surface area contributed by atoms with Crippen molar-refractivity contribution in [1.82, 2.24) is 0 Å². The summed E-state index contributed by atoms with van der Waals surface area (Å²) in [7, 11) is 0. The Hall–Kier alpha value is -2.27. The molecule has 3 rings (SSSR count). The largest absolute Gasteiger partial charge is 0.494 e. The predicted molar refractivity (Wildman–Crippen MR) is 83.2 cm³/mol. The molecule has 0 heterocycles. The van der Waals surface area contributed by atoms with Crippen LogP contribution in [0.2, 0.25) is 0 Å². The first kappa shape index (κ1) is 13.7. The zero-order valence-electron chi connectivity index (χ0n) is 12.1. The van der Waals surface area contributed by atoms with Gasteiger partial charge in [-0.25, -0.2) is 0 Å². The van der Waals surface area contributed by atoms with Gasteiger partial charge in [0.05, 0.1) is 18.1 Å². The SMILES string of the molecule is N#CC1(CCOc2ccccc2)CCCc2ccccc21. The Kier molecular flexibility index (Phi) is 3.92. The van der Waals surface area contributed by atoms with Crippen molar-refractivity contribution in [3.63, 3.8) is 0 Å². The molecule has 0 radical (unpaired) electrons. The highest BCUT2D eigenvalue weighted by molar-refractivity contribution is 5.41. The van der Waals surface area contributed by atoms with Gasteiger partial charge in [0.15, 0.2) is 0 Å². The molecular weight excluding hydrogens is 258 g/mol. The van der Waals surface area contributed by atoms with Crippen LogP contribution in [0.5, 0.6) is 5.75 Å². The molecule has 1 aliphatic carbocycles. The maximum absolute atomic E-state index is 9.78. The van der Waals surface area contributed by atoms with Crippen molar-refractivity contribution in [2.24, 2.45) is 0 Å². The smallest absolute Gasteiger partial charge is 0.119 e. The van der Waals surface area contributed by atoms with Crippen molar-refractivity contribution in [2.45, 2.75) is 31.1 Å². The van der Waals surface area contributed by atoms with Crippen LogP contribution in [0.3, 0.4) is 0 Å². The first-order chi connectivity index (χ1) is 10.3. The number of benzene rings is 2. The Morgan fingerprint density at radius 2 is 1.81 bits per heavy atom. The molecule has 1 atom stereocenters. The van der Waals surface area contributed by atoms with Crippen LogP contribution >= 0.6 is 0 Å². The van der Waals surface area contributed by atoms with E-state index in [1.54, 1.807) is 0 Å². The molecule has 2 nitrogen and oxygen atoms in total. The van der Waals surface area contributed by atoms with Crippen molar-refractivity contribution in [1.29, 1.82) is 5.26 Å². The van der Waals surface area contributed by atoms with Crippen molar-refractivity contribution in [2.75, 3.05) is 6.61 Å². The normalized spacial score (nSPS) is 20.3. The van der Waals surface area contributed by atoms with Gasteiger partial charge in [0.25, 0.3) is 0 Å². The Morgan fingerprint density at radius 3 is 2.62 bits per heavy atom. The molecule has 1 unspecified atom stereocenters. The van der Waals surface area contributed by atoms with Gasteiger partial charge in [-0.15, -0.1) is 0 Å². The molecule has 106 valence electrons. The van der Waals surface area contributed by atoms with E-state index >= 15 is 0 Å². The summed E-state index contributed by atoms with van der Waals surface area (Å²) in [4.78, 5) is 0. The molecule has 2 aromatic rings. The highest BCUT2D eigenvalue weighted by atomic mass is 16.5. The van der Waals surface area contributed by atoms with Crippen LogP contribution in [-0.2, 0) is 11.8 Å². The number of hydrogen-bond donors (Lipinski definition) is 0. The van der Waals surface area contributed by atoms with E-state index in [4.69, 9.17) is 4.74 Å². The summed E-state index contributed by atoms with van der Waals surface area (Å²) in [6.07, 6.45) is 3.84. The summed E-state index contributed by atoms with van der Waals surface area (Å²) >= 11 is 0. The van der Waals surface area contributed by atoms with Crippen LogP contribution < -0.4 is 4.74 Å². The highest BCUT2D eigenvalue weighted by Crippen LogP contribution is 2.39. The molecule has 0 saturated carbocycles. The quantitative estimate of drug-likeness (QED) is 0.836. The molecule has 1 aliphatic rings. The lowest BCUT2D eigenvalue weighted by Gasteiger charge is -2.33. The fourth-order valence-corrected chi connectivity index (χ4v) is 3.21. The van der Waals surface area contributed by atoms with Crippen LogP contribution in [0.25, 0.3) is 0 Å². The molecule has 0 N–H and O–H groups in total. The fourth-order valence-electron chi connectivity index (χ4n) is 3.21. The molecule has 2 heteroatoms. The number of aryl methyl sites for hydroxylation is 1. The third kappa shape index (κ3) is 2.78. The molecule has 0 aliphatic heterocycles. The van der Waals surface area contributed by atoms with Gasteiger partial charge in [-0.1, -0.05) is 42.5 Å². The van der Waals surface area contributed by atoms with Crippen LogP contribution in [-0.4, -0.2) is 6.61 Å². The maximum Gasteiger partial charge on any atom is 0.119 e. The number of hydrogen-bond acceptors (Lipinski definition) is 2. The van der Waals surface area contributed by atoms with Crippen molar-refractivity contribution >= 4 is 0 Å². The van der Waals surface area contributed by atoms with E-state index in [0.29, 0.717) is 6.61 Å². The first-order valence-corrected chi connectivity index (χ1v) is 7.52. The Labute approximate surface area is 126 Å². The molecule has 0 aromatic heterocycles. The van der Waals surface area contributed by atoms with E-state index in [2.05, 4.69) is 24.3 Å². The summed E-state index contributed by atoms with van der Waals surface area (Å²) < 4.78 is 5.80. The molecule has 21 heavy (non-hydrogen) atoms. The lowest BCUT2D eigenvalue weighted by atomic mass is 9.69. The summed E-state index contributed by atoms with van der Waals surface area (Å²) in [5.74, 6) is 0.870. The second-order valence-electron chi connectivity index (χ2n) is 5.62. The average molecular weight is 277 g/mol. The number of para-hydroxylation sites is 1. The van der Waals surface area contributed by atoms with Gasteiger partial charge in [0.2, 0.25) is 0 Å². The van der Waals surface area contributed by atoms with Gasteiger partial charge in [0.1, 0.15) is 5.75 Å². The average Bonchev–Trinajstić information content (AvgIpc) is 2.56. The van der Waals surface area contributed by atoms with Crippen LogP contribution in [0.15, 0.2) is 54.6 Å². The number of nitrogens with zero attached hydrogens (tertiary/aromatic N) is 1. The third-order valence-electron chi connectivity index (χ3n) is 4.34. The topological polar surface area (TPSA) is 33.0 Å². The van der Waals surface area contributed by atoms with Crippen molar-refractivity contribution in [3.05, 3.63) is 65.7 Å². The number of nitriles is 1. The van der Waals surface area contributed by atoms with Gasteiger partial charge in [-0.05, 0) is 42.5 Å². The molecule has 0 saturated heterocycles. The lowest BCUT2D eigenvalue weighted by molar-refractivity contribution is 0.267. The monoisotopic (exact) mass is 277 g/mol. The minimum absolute atomic E-state index is 0.385. The zero-order valence-corrected chi connectivity index (χ0v) is 12.1. The molecule has 2 aromatic carbocycles. The van der Waals surface area contributed by atoms with Gasteiger partial charge in [-0.3, -0.25) is 0 Å². The predicted octanol–water partition coefficient (Wildman–Crippen LogP) is 4.25. The molecule has 0 spiro atoms. The summed E-state index contributed by atoms with van der Waals surface area (Å²) in [5, 5.41) is 9.78. The number of ether oxygens (including phenoxy) is 1. The van der Waals surface area contributed by atoms with Gasteiger partial charge in [-0.2, -0.15) is 5.26 Å². The molecule has 0 bridgehead atoms. The van der Waals surface area contributed by atoms with E-state index in [1.165, 1.54) is 11.1 Å². The van der Waals surface area contributed by atoms with E-state index in [1.807, 2.05) is 36.4 Å². The maximum atomic E-state index is 9.78. The minimum atomic E-state index is -0.385. The Morgan fingerprint density at radius 1 is 1.05 bits per heavy atom. The number of rotatable bonds is 4. The van der Waals surface area contributed by atoms with Gasteiger partial charge in [0, 0.05) is 6.42 Å². The summed E-state index contributed by atoms with van der Waals surface area (Å²) in [6.45, 7) is 0.575. The zero-order chi connectivity index (χ0) is 14.5. The minimum Gasteiger partial charge on any atom is -0.494 e. The second kappa shape index (κ2) is 6.01. The molecule has 0 amide bonds. The fraction of sp³-hybridized carbons (Fsp3) is 0.316. The number of fused-ring (bicyclic) bond motifs is 1. The van der Waals surface area contributed by atoms with Crippen LogP contribution in [0.1, 0.15) is 30.4 Å². The van der Waals surface area contributed by atoms with E-state index in [-0.39, 0.29) is 5.41 Å². The van der Waals surface area contributed by atoms with E-state index in [9.17, 15) is 5.26 Å². The Bertz CT molecular complexity index is 644. The van der Waals surface area contributed by atoms with Crippen LogP contribution in [0.4, 0.5) is 0 Å². The van der Waals surface area contributed by atoms with Crippen molar-refractivity contribution < 1.29 is 4.74 Å². The molecular formula is C19H19NO. The summed E-state index contributed by atoms with van der Waals surface area (Å²) in [5.41, 5.74) is 2.14. The second-order valence-corrected chi connectivity index (χ2v) is 5.62. The van der Waals surface area contributed by atoms with Crippen LogP contribution in [0, 0.1) is 11.3 Å². The van der Waals surface area contributed by atoms with Crippen molar-refractivity contribution in [3.8, 4) is 11.8 Å². The van der Waals surface area contributed by atoms with E-state index < -0.39 is 0 Å². The lowest BCUT2D eigenvalue weighted by Crippen LogP contribution is -2.31. The van der Waals surface area contributed by atoms with E-state index in [0.717, 1.165) is 31.4 Å². The molecule has 0 fully saturated rings. The first-order valence-electron chi connectivity index (χ1n) is 7.52. The van der Waals surface area contributed by atoms with Gasteiger partial charge >= 0.3 is 0 Å². The third-order valence-corrected chi connectivity index (χ3v) is 4.34. The summed E-state index contributed by atoms with van der Waals surface area (Å²) in [6, 6.07) is 20.7. The standard InChI is InChI=1S/C19H19NO/c20-15-19(13-14-21-17-9-2-1-3-10-17)12-6-8-16-7-4-5-11-18(16)19/h1-5,7,9-11H,6,8,12-14H2. The Balaban J connectivity index is 1.75. The van der Waals surface area contributed by atoms with Gasteiger partial charge < -0.3 is 4.74 Å².